The van der Waals surface area contributed by atoms with E-state index in [1.807, 2.05) is 12.1 Å². The number of urea groups is 1. The quantitative estimate of drug-likeness (QED) is 0.338. The van der Waals surface area contributed by atoms with Crippen LogP contribution in [0.3, 0.4) is 0 Å². The maximum atomic E-state index is 15.0. The number of methoxy groups -OCH3 is 1. The smallest absolute Gasteiger partial charge is 0.323 e. The highest BCUT2D eigenvalue weighted by atomic mass is 35.5. The number of hydrogen-bond acceptors (Lipinski definition) is 6. The third-order valence-electron chi connectivity index (χ3n) is 7.70. The molecule has 1 aromatic carbocycles. The monoisotopic (exact) mass is 566 g/mol. The molecule has 2 aliphatic rings. The Morgan fingerprint density at radius 3 is 2.60 bits per heavy atom. The number of aromatic nitrogens is 2. The molecular weight excluding hydrogens is 535 g/mol. The number of benzene rings is 1. The van der Waals surface area contributed by atoms with Gasteiger partial charge in [0.25, 0.3) is 0 Å². The zero-order valence-corrected chi connectivity index (χ0v) is 22.9. The van der Waals surface area contributed by atoms with E-state index in [-0.39, 0.29) is 30.6 Å². The van der Waals surface area contributed by atoms with Gasteiger partial charge in [-0.1, -0.05) is 30.5 Å². The van der Waals surface area contributed by atoms with E-state index in [2.05, 4.69) is 20.6 Å². The fourth-order valence-electron chi connectivity index (χ4n) is 5.13. The first-order chi connectivity index (χ1) is 19.3. The van der Waals surface area contributed by atoms with Crippen LogP contribution in [0.4, 0.5) is 20.7 Å². The van der Waals surface area contributed by atoms with Gasteiger partial charge in [0.05, 0.1) is 22.4 Å². The Bertz CT molecular complexity index is 1360. The molecule has 9 nitrogen and oxygen atoms in total. The third kappa shape index (κ3) is 6.24. The zero-order valence-electron chi connectivity index (χ0n) is 22.1. The van der Waals surface area contributed by atoms with Gasteiger partial charge in [0, 0.05) is 38.7 Å². The summed E-state index contributed by atoms with van der Waals surface area (Å²) in [4.78, 5) is 36.1. The number of amides is 3. The Morgan fingerprint density at radius 2 is 1.93 bits per heavy atom. The van der Waals surface area contributed by atoms with Crippen LogP contribution in [-0.2, 0) is 15.1 Å². The highest BCUT2D eigenvalue weighted by Gasteiger charge is 2.40. The minimum Gasteiger partial charge on any atom is -0.380 e. The van der Waals surface area contributed by atoms with Crippen LogP contribution in [0.25, 0.3) is 0 Å². The molecule has 0 radical (unpaired) electrons. The first-order valence-corrected chi connectivity index (χ1v) is 13.7. The lowest BCUT2D eigenvalue weighted by atomic mass is 9.79. The predicted octanol–water partition coefficient (Wildman–Crippen LogP) is 4.92. The number of carbonyl (C=O) groups excluding carboxylic acids is 2. The van der Waals surface area contributed by atoms with Crippen LogP contribution in [0.15, 0.2) is 61.1 Å². The van der Waals surface area contributed by atoms with Gasteiger partial charge < -0.3 is 20.7 Å². The average Bonchev–Trinajstić information content (AvgIpc) is 3.70. The van der Waals surface area contributed by atoms with Gasteiger partial charge in [-0.05, 0) is 66.3 Å². The Morgan fingerprint density at radius 1 is 1.15 bits per heavy atom. The summed E-state index contributed by atoms with van der Waals surface area (Å²) in [5, 5.41) is 5.81. The Kier molecular flexibility index (Phi) is 8.30. The SMILES string of the molecule is CO[C@@H]1C[C@H](C(=O)Nc2cc([C@@](N)(CCC3CC3)c3ccncc3)ccc2F)N(C(=O)Nc2ccc(Cl)cn2)C1. The molecule has 0 bridgehead atoms. The highest BCUT2D eigenvalue weighted by Crippen LogP contribution is 2.40. The molecule has 3 atom stereocenters. The van der Waals surface area contributed by atoms with Crippen LogP contribution >= 0.6 is 11.6 Å². The lowest BCUT2D eigenvalue weighted by Gasteiger charge is -2.31. The largest absolute Gasteiger partial charge is 0.380 e. The topological polar surface area (TPSA) is 122 Å². The molecular formula is C29H32ClFN6O3. The minimum atomic E-state index is -0.891. The standard InChI is InChI=1S/C29H32ClFN6O3/c1-40-22-15-25(37(17-22)28(39)36-26-7-5-21(30)16-34-26)27(38)35-24-14-20(4-6-23(24)31)29(32,11-8-18-2-3-18)19-9-12-33-13-10-19/h4-7,9-10,12-14,16,18,22,25H,2-3,8,11,15,17,32H2,1H3,(H,35,38)(H,34,36,39)/t22-,25-,29-/m1/s1. The molecule has 1 saturated heterocycles. The van der Waals surface area contributed by atoms with E-state index in [1.54, 1.807) is 36.7 Å². The van der Waals surface area contributed by atoms with E-state index in [0.29, 0.717) is 22.9 Å². The number of nitrogens with two attached hydrogens (primary N) is 1. The molecule has 0 spiro atoms. The minimum absolute atomic E-state index is 0.00149. The fraction of sp³-hybridized carbons (Fsp3) is 0.379. The Hall–Kier alpha value is -3.60. The maximum Gasteiger partial charge on any atom is 0.323 e. The molecule has 4 N–H and O–H groups in total. The van der Waals surface area contributed by atoms with Crippen LogP contribution in [0, 0.1) is 11.7 Å². The average molecular weight is 567 g/mol. The van der Waals surface area contributed by atoms with Crippen molar-refractivity contribution in [1.29, 1.82) is 0 Å². The highest BCUT2D eigenvalue weighted by molar-refractivity contribution is 6.30. The summed E-state index contributed by atoms with van der Waals surface area (Å²) in [6, 6.07) is 10.0. The Labute approximate surface area is 237 Å². The van der Waals surface area contributed by atoms with E-state index < -0.39 is 29.3 Å². The molecule has 3 amide bonds. The second kappa shape index (κ2) is 11.9. The van der Waals surface area contributed by atoms with Gasteiger partial charge in [0.15, 0.2) is 0 Å². The van der Waals surface area contributed by atoms with Gasteiger partial charge in [0.2, 0.25) is 5.91 Å². The van der Waals surface area contributed by atoms with Gasteiger partial charge in [-0.3, -0.25) is 15.1 Å². The zero-order chi connectivity index (χ0) is 28.3. The van der Waals surface area contributed by atoms with Crippen molar-refractivity contribution in [3.63, 3.8) is 0 Å². The molecule has 1 saturated carbocycles. The summed E-state index contributed by atoms with van der Waals surface area (Å²) in [7, 11) is 1.52. The normalized spacial score (nSPS) is 20.1. The molecule has 3 aromatic rings. The lowest BCUT2D eigenvalue weighted by molar-refractivity contribution is -0.119. The van der Waals surface area contributed by atoms with Crippen molar-refractivity contribution in [2.75, 3.05) is 24.3 Å². The van der Waals surface area contributed by atoms with Crippen molar-refractivity contribution in [3.8, 4) is 0 Å². The third-order valence-corrected chi connectivity index (χ3v) is 7.92. The number of anilines is 2. The first kappa shape index (κ1) is 27.9. The number of rotatable bonds is 9. The van der Waals surface area contributed by atoms with Gasteiger partial charge in [-0.15, -0.1) is 0 Å². The number of hydrogen-bond donors (Lipinski definition) is 3. The van der Waals surface area contributed by atoms with Crippen molar-refractivity contribution in [3.05, 3.63) is 83.0 Å². The van der Waals surface area contributed by atoms with Crippen molar-refractivity contribution in [2.45, 2.75) is 49.8 Å². The van der Waals surface area contributed by atoms with Gasteiger partial charge in [-0.2, -0.15) is 0 Å². The van der Waals surface area contributed by atoms with Crippen LogP contribution < -0.4 is 16.4 Å². The predicted molar refractivity (Wildman–Crippen MR) is 150 cm³/mol. The fourth-order valence-corrected chi connectivity index (χ4v) is 5.24. The molecule has 5 rings (SSSR count). The van der Waals surface area contributed by atoms with E-state index in [9.17, 15) is 9.59 Å². The molecule has 0 unspecified atom stereocenters. The number of ether oxygens (including phenoxy) is 1. The van der Waals surface area contributed by atoms with Crippen LogP contribution in [0.2, 0.25) is 5.02 Å². The number of likely N-dealkylation sites (tertiary alicyclic amines) is 1. The summed E-state index contributed by atoms with van der Waals surface area (Å²) < 4.78 is 20.5. The van der Waals surface area contributed by atoms with Crippen LogP contribution in [0.5, 0.6) is 0 Å². The van der Waals surface area contributed by atoms with Gasteiger partial charge >= 0.3 is 6.03 Å². The number of nitrogens with zero attached hydrogens (tertiary/aromatic N) is 3. The molecule has 2 aromatic heterocycles. The van der Waals surface area contributed by atoms with Gasteiger partial charge in [-0.25, -0.2) is 14.2 Å². The molecule has 2 fully saturated rings. The number of carbonyl (C=O) groups is 2. The summed E-state index contributed by atoms with van der Waals surface area (Å²) in [5.41, 5.74) is 7.68. The van der Waals surface area contributed by atoms with Crippen molar-refractivity contribution in [1.82, 2.24) is 14.9 Å². The molecule has 11 heteroatoms. The molecule has 40 heavy (non-hydrogen) atoms. The van der Waals surface area contributed by atoms with E-state index in [1.165, 1.54) is 37.1 Å². The van der Waals surface area contributed by atoms with Crippen molar-refractivity contribution >= 4 is 35.0 Å². The summed E-state index contributed by atoms with van der Waals surface area (Å²) in [5.74, 6) is -0.186. The maximum absolute atomic E-state index is 15.0. The number of pyridine rings is 2. The summed E-state index contributed by atoms with van der Waals surface area (Å²) in [6.45, 7) is 0.186. The van der Waals surface area contributed by atoms with Crippen molar-refractivity contribution in [2.24, 2.45) is 11.7 Å². The van der Waals surface area contributed by atoms with Crippen molar-refractivity contribution < 1.29 is 18.7 Å². The number of nitrogens with one attached hydrogen (secondary N) is 2. The number of halogens is 2. The van der Waals surface area contributed by atoms with Crippen LogP contribution in [0.1, 0.15) is 43.2 Å². The van der Waals surface area contributed by atoms with E-state index >= 15 is 4.39 Å². The Balaban J connectivity index is 1.37. The van der Waals surface area contributed by atoms with E-state index in [0.717, 1.165) is 12.0 Å². The lowest BCUT2D eigenvalue weighted by Crippen LogP contribution is -2.45. The molecule has 1 aliphatic heterocycles. The second-order valence-corrected chi connectivity index (χ2v) is 10.9. The summed E-state index contributed by atoms with van der Waals surface area (Å²) in [6.07, 6.45) is 8.69. The van der Waals surface area contributed by atoms with Gasteiger partial charge in [0.1, 0.15) is 17.7 Å². The van der Waals surface area contributed by atoms with E-state index in [4.69, 9.17) is 22.1 Å². The van der Waals surface area contributed by atoms with Crippen LogP contribution in [-0.4, -0.2) is 52.6 Å². The second-order valence-electron chi connectivity index (χ2n) is 10.4. The molecule has 3 heterocycles. The first-order valence-electron chi connectivity index (χ1n) is 13.3. The molecule has 1 aliphatic carbocycles. The molecule has 210 valence electrons. The summed E-state index contributed by atoms with van der Waals surface area (Å²) >= 11 is 5.88.